The molecule has 114 valence electrons. The highest BCUT2D eigenvalue weighted by Gasteiger charge is 2.18. The Balaban J connectivity index is 2.02. The SMILES string of the molecule is O=C(O)c1cccnc1C(=O)Nc1ccc(Cl)c2ccccc12. The molecule has 0 aliphatic heterocycles. The van der Waals surface area contributed by atoms with E-state index in [1.54, 1.807) is 12.1 Å². The first-order valence-corrected chi connectivity index (χ1v) is 7.12. The zero-order valence-electron chi connectivity index (χ0n) is 11.8. The first kappa shape index (κ1) is 15.0. The van der Waals surface area contributed by atoms with Crippen LogP contribution in [-0.2, 0) is 0 Å². The number of aromatic carboxylic acids is 1. The van der Waals surface area contributed by atoms with Crippen molar-refractivity contribution in [3.63, 3.8) is 0 Å². The number of hydrogen-bond acceptors (Lipinski definition) is 3. The molecule has 0 spiro atoms. The van der Waals surface area contributed by atoms with Crippen LogP contribution in [0.25, 0.3) is 10.8 Å². The van der Waals surface area contributed by atoms with Crippen LogP contribution in [0, 0.1) is 0 Å². The molecule has 0 saturated heterocycles. The summed E-state index contributed by atoms with van der Waals surface area (Å²) in [5, 5.41) is 14.0. The normalized spacial score (nSPS) is 10.5. The fourth-order valence-electron chi connectivity index (χ4n) is 2.31. The van der Waals surface area contributed by atoms with Crippen LogP contribution in [0.2, 0.25) is 5.02 Å². The fourth-order valence-corrected chi connectivity index (χ4v) is 2.54. The zero-order chi connectivity index (χ0) is 16.4. The van der Waals surface area contributed by atoms with Crippen LogP contribution in [0.4, 0.5) is 5.69 Å². The number of nitrogens with zero attached hydrogens (tertiary/aromatic N) is 1. The van der Waals surface area contributed by atoms with Crippen LogP contribution >= 0.6 is 11.6 Å². The highest BCUT2D eigenvalue weighted by Crippen LogP contribution is 2.29. The summed E-state index contributed by atoms with van der Waals surface area (Å²) in [7, 11) is 0. The number of halogens is 1. The van der Waals surface area contributed by atoms with Gasteiger partial charge in [-0.2, -0.15) is 0 Å². The molecule has 0 fully saturated rings. The van der Waals surface area contributed by atoms with E-state index in [0.29, 0.717) is 10.7 Å². The molecule has 3 rings (SSSR count). The zero-order valence-corrected chi connectivity index (χ0v) is 12.5. The van der Waals surface area contributed by atoms with Crippen molar-refractivity contribution < 1.29 is 14.7 Å². The first-order chi connectivity index (χ1) is 11.1. The average molecular weight is 327 g/mol. The third-order valence-electron chi connectivity index (χ3n) is 3.37. The summed E-state index contributed by atoms with van der Waals surface area (Å²) in [4.78, 5) is 27.5. The van der Waals surface area contributed by atoms with Crippen molar-refractivity contribution in [2.45, 2.75) is 0 Å². The second-order valence-corrected chi connectivity index (χ2v) is 5.21. The van der Waals surface area contributed by atoms with Gasteiger partial charge in [-0.1, -0.05) is 35.9 Å². The van der Waals surface area contributed by atoms with Crippen LogP contribution < -0.4 is 5.32 Å². The minimum Gasteiger partial charge on any atom is -0.478 e. The molecule has 23 heavy (non-hydrogen) atoms. The van der Waals surface area contributed by atoms with Gasteiger partial charge < -0.3 is 10.4 Å². The van der Waals surface area contributed by atoms with Gasteiger partial charge in [-0.3, -0.25) is 9.78 Å². The maximum Gasteiger partial charge on any atom is 0.338 e. The Hall–Kier alpha value is -2.92. The quantitative estimate of drug-likeness (QED) is 0.766. The third-order valence-corrected chi connectivity index (χ3v) is 3.70. The molecular formula is C17H11ClN2O3. The summed E-state index contributed by atoms with van der Waals surface area (Å²) >= 11 is 6.15. The van der Waals surface area contributed by atoms with E-state index in [4.69, 9.17) is 16.7 Å². The standard InChI is InChI=1S/C17H11ClN2O3/c18-13-7-8-14(11-5-2-1-4-10(11)13)20-16(21)15-12(17(22)23)6-3-9-19-15/h1-9H,(H,20,21)(H,22,23). The average Bonchev–Trinajstić information content (AvgIpc) is 2.57. The van der Waals surface area contributed by atoms with E-state index in [-0.39, 0.29) is 11.3 Å². The molecule has 0 saturated carbocycles. The third kappa shape index (κ3) is 2.86. The number of anilines is 1. The van der Waals surface area contributed by atoms with Gasteiger partial charge >= 0.3 is 5.97 Å². The van der Waals surface area contributed by atoms with Gasteiger partial charge in [-0.05, 0) is 24.3 Å². The molecule has 5 nitrogen and oxygen atoms in total. The van der Waals surface area contributed by atoms with Crippen molar-refractivity contribution in [1.29, 1.82) is 0 Å². The van der Waals surface area contributed by atoms with Gasteiger partial charge in [-0.25, -0.2) is 4.79 Å². The lowest BCUT2D eigenvalue weighted by Gasteiger charge is -2.10. The molecule has 0 bridgehead atoms. The number of carboxylic acid groups (broad SMARTS) is 1. The molecular weight excluding hydrogens is 316 g/mol. The molecule has 2 aromatic carbocycles. The molecule has 0 unspecified atom stereocenters. The Kier molecular flexibility index (Phi) is 3.95. The second kappa shape index (κ2) is 6.06. The van der Waals surface area contributed by atoms with E-state index in [9.17, 15) is 9.59 Å². The van der Waals surface area contributed by atoms with Gasteiger partial charge in [0.1, 0.15) is 5.69 Å². The van der Waals surface area contributed by atoms with Crippen molar-refractivity contribution >= 4 is 39.9 Å². The smallest absolute Gasteiger partial charge is 0.338 e. The van der Waals surface area contributed by atoms with Gasteiger partial charge in [0.25, 0.3) is 5.91 Å². The highest BCUT2D eigenvalue weighted by atomic mass is 35.5. The van der Waals surface area contributed by atoms with Gasteiger partial charge in [0.05, 0.1) is 5.56 Å². The predicted molar refractivity (Wildman–Crippen MR) is 88.1 cm³/mol. The molecule has 1 heterocycles. The van der Waals surface area contributed by atoms with Crippen molar-refractivity contribution in [3.05, 3.63) is 71.0 Å². The van der Waals surface area contributed by atoms with E-state index in [0.717, 1.165) is 10.8 Å². The summed E-state index contributed by atoms with van der Waals surface area (Å²) in [5.41, 5.74) is 0.249. The monoisotopic (exact) mass is 326 g/mol. The van der Waals surface area contributed by atoms with Crippen LogP contribution in [0.3, 0.4) is 0 Å². The highest BCUT2D eigenvalue weighted by molar-refractivity contribution is 6.36. The number of carboxylic acids is 1. The van der Waals surface area contributed by atoms with E-state index < -0.39 is 11.9 Å². The van der Waals surface area contributed by atoms with E-state index >= 15 is 0 Å². The van der Waals surface area contributed by atoms with Crippen molar-refractivity contribution in [2.75, 3.05) is 5.32 Å². The van der Waals surface area contributed by atoms with Crippen LogP contribution in [0.1, 0.15) is 20.8 Å². The minimum absolute atomic E-state index is 0.140. The molecule has 0 aliphatic carbocycles. The largest absolute Gasteiger partial charge is 0.478 e. The van der Waals surface area contributed by atoms with Gasteiger partial charge in [0, 0.05) is 27.7 Å². The Morgan fingerprint density at radius 1 is 1.00 bits per heavy atom. The predicted octanol–water partition coefficient (Wildman–Crippen LogP) is 3.84. The number of amides is 1. The Labute approximate surface area is 136 Å². The van der Waals surface area contributed by atoms with Crippen LogP contribution in [-0.4, -0.2) is 22.0 Å². The summed E-state index contributed by atoms with van der Waals surface area (Å²) < 4.78 is 0. The Bertz CT molecular complexity index is 925. The molecule has 3 aromatic rings. The Morgan fingerprint density at radius 2 is 1.74 bits per heavy atom. The molecule has 1 aromatic heterocycles. The van der Waals surface area contributed by atoms with Gasteiger partial charge in [0.15, 0.2) is 0 Å². The lowest BCUT2D eigenvalue weighted by molar-refractivity contribution is 0.0691. The summed E-state index contributed by atoms with van der Waals surface area (Å²) in [6.45, 7) is 0. The molecule has 6 heteroatoms. The number of benzene rings is 2. The van der Waals surface area contributed by atoms with E-state index in [2.05, 4.69) is 10.3 Å². The number of rotatable bonds is 3. The minimum atomic E-state index is -1.20. The number of nitrogens with one attached hydrogen (secondary N) is 1. The molecule has 0 atom stereocenters. The maximum absolute atomic E-state index is 12.4. The lowest BCUT2D eigenvalue weighted by Crippen LogP contribution is -2.18. The van der Waals surface area contributed by atoms with Gasteiger partial charge in [0.2, 0.25) is 0 Å². The Morgan fingerprint density at radius 3 is 2.48 bits per heavy atom. The lowest BCUT2D eigenvalue weighted by atomic mass is 10.1. The number of fused-ring (bicyclic) bond motifs is 1. The molecule has 2 N–H and O–H groups in total. The fraction of sp³-hybridized carbons (Fsp3) is 0. The molecule has 1 amide bonds. The van der Waals surface area contributed by atoms with E-state index in [1.807, 2.05) is 24.3 Å². The number of carbonyl (C=O) groups is 2. The topological polar surface area (TPSA) is 79.3 Å². The summed E-state index contributed by atoms with van der Waals surface area (Å²) in [5.74, 6) is -1.79. The molecule has 0 radical (unpaired) electrons. The summed E-state index contributed by atoms with van der Waals surface area (Å²) in [6.07, 6.45) is 1.38. The second-order valence-electron chi connectivity index (χ2n) is 4.80. The van der Waals surface area contributed by atoms with Crippen LogP contribution in [0.5, 0.6) is 0 Å². The van der Waals surface area contributed by atoms with Gasteiger partial charge in [-0.15, -0.1) is 0 Å². The number of aromatic nitrogens is 1. The van der Waals surface area contributed by atoms with Crippen molar-refractivity contribution in [2.24, 2.45) is 0 Å². The number of hydrogen-bond donors (Lipinski definition) is 2. The van der Waals surface area contributed by atoms with Crippen LogP contribution in [0.15, 0.2) is 54.7 Å². The maximum atomic E-state index is 12.4. The number of pyridine rings is 1. The summed E-state index contributed by atoms with van der Waals surface area (Å²) in [6, 6.07) is 13.5. The van der Waals surface area contributed by atoms with E-state index in [1.165, 1.54) is 18.3 Å². The molecule has 0 aliphatic rings. The van der Waals surface area contributed by atoms with Crippen molar-refractivity contribution in [1.82, 2.24) is 4.98 Å². The number of carbonyl (C=O) groups excluding carboxylic acids is 1. The van der Waals surface area contributed by atoms with Crippen molar-refractivity contribution in [3.8, 4) is 0 Å². The first-order valence-electron chi connectivity index (χ1n) is 6.75.